The van der Waals surface area contributed by atoms with Crippen LogP contribution in [0.3, 0.4) is 0 Å². The van der Waals surface area contributed by atoms with Gasteiger partial charge in [-0.3, -0.25) is 14.7 Å². The number of aromatic nitrogens is 2. The normalized spacial score (nSPS) is 22.1. The van der Waals surface area contributed by atoms with Crippen LogP contribution in [-0.4, -0.2) is 58.0 Å². The van der Waals surface area contributed by atoms with Crippen molar-refractivity contribution in [3.8, 4) is 0 Å². The molecule has 1 aromatic carbocycles. The summed E-state index contributed by atoms with van der Waals surface area (Å²) in [4.78, 5) is 29.6. The fourth-order valence-electron chi connectivity index (χ4n) is 4.26. The van der Waals surface area contributed by atoms with Gasteiger partial charge in [0.25, 0.3) is 0 Å². The number of rotatable bonds is 4. The first-order chi connectivity index (χ1) is 13.5. The molecule has 1 aliphatic carbocycles. The Morgan fingerprint density at radius 2 is 1.79 bits per heavy atom. The van der Waals surface area contributed by atoms with Crippen molar-refractivity contribution in [2.45, 2.75) is 39.0 Å². The highest BCUT2D eigenvalue weighted by Crippen LogP contribution is 2.48. The van der Waals surface area contributed by atoms with Crippen LogP contribution in [0.15, 0.2) is 30.3 Å². The molecule has 0 radical (unpaired) electrons. The molecule has 2 aliphatic rings. The Kier molecular flexibility index (Phi) is 5.20. The molecule has 1 N–H and O–H groups in total. The summed E-state index contributed by atoms with van der Waals surface area (Å²) in [7, 11) is 0. The topological polar surface area (TPSA) is 69.3 Å². The first-order valence-corrected chi connectivity index (χ1v) is 10.2. The molecule has 2 aromatic rings. The van der Waals surface area contributed by atoms with Gasteiger partial charge in [-0.05, 0) is 38.2 Å². The zero-order chi connectivity index (χ0) is 19.7. The fourth-order valence-corrected chi connectivity index (χ4v) is 4.26. The number of aromatic amines is 1. The van der Waals surface area contributed by atoms with Crippen molar-refractivity contribution in [2.24, 2.45) is 5.92 Å². The minimum absolute atomic E-state index is 0.112. The van der Waals surface area contributed by atoms with Crippen LogP contribution in [-0.2, 0) is 16.0 Å². The van der Waals surface area contributed by atoms with E-state index in [1.807, 2.05) is 41.8 Å². The van der Waals surface area contributed by atoms with Crippen molar-refractivity contribution in [1.82, 2.24) is 20.0 Å². The highest BCUT2D eigenvalue weighted by molar-refractivity contribution is 5.83. The van der Waals surface area contributed by atoms with Gasteiger partial charge in [-0.2, -0.15) is 5.10 Å². The number of H-pyrrole nitrogens is 1. The van der Waals surface area contributed by atoms with Gasteiger partial charge in [0.15, 0.2) is 0 Å². The van der Waals surface area contributed by atoms with Crippen molar-refractivity contribution < 1.29 is 9.59 Å². The summed E-state index contributed by atoms with van der Waals surface area (Å²) in [5, 5.41) is 7.12. The second-order valence-corrected chi connectivity index (χ2v) is 8.01. The lowest BCUT2D eigenvalue weighted by molar-refractivity contribution is -0.134. The van der Waals surface area contributed by atoms with E-state index in [1.54, 1.807) is 0 Å². The average Bonchev–Trinajstić information content (AvgIpc) is 3.49. The van der Waals surface area contributed by atoms with E-state index in [-0.39, 0.29) is 17.7 Å². The molecule has 28 heavy (non-hydrogen) atoms. The predicted molar refractivity (Wildman–Crippen MR) is 107 cm³/mol. The Morgan fingerprint density at radius 1 is 1.07 bits per heavy atom. The molecule has 2 heterocycles. The summed E-state index contributed by atoms with van der Waals surface area (Å²) in [6, 6.07) is 10.3. The van der Waals surface area contributed by atoms with Crippen molar-refractivity contribution >= 4 is 11.8 Å². The van der Waals surface area contributed by atoms with Gasteiger partial charge in [0.05, 0.1) is 12.1 Å². The Balaban J connectivity index is 1.33. The molecular formula is C22H28N4O2. The van der Waals surface area contributed by atoms with Crippen LogP contribution >= 0.6 is 0 Å². The smallest absolute Gasteiger partial charge is 0.227 e. The van der Waals surface area contributed by atoms with Crippen molar-refractivity contribution in [3.63, 3.8) is 0 Å². The quantitative estimate of drug-likeness (QED) is 0.886. The van der Waals surface area contributed by atoms with Crippen LogP contribution in [0, 0.1) is 19.8 Å². The summed E-state index contributed by atoms with van der Waals surface area (Å²) in [6.45, 7) is 6.57. The summed E-state index contributed by atoms with van der Waals surface area (Å²) in [6.07, 6.45) is 2.16. The highest BCUT2D eigenvalue weighted by Gasteiger charge is 2.45. The largest absolute Gasteiger partial charge is 0.341 e. The van der Waals surface area contributed by atoms with E-state index in [2.05, 4.69) is 22.3 Å². The second kappa shape index (κ2) is 7.78. The van der Waals surface area contributed by atoms with E-state index >= 15 is 0 Å². The Labute approximate surface area is 165 Å². The molecule has 6 nitrogen and oxygen atoms in total. The van der Waals surface area contributed by atoms with E-state index in [9.17, 15) is 9.59 Å². The van der Waals surface area contributed by atoms with Crippen LogP contribution in [0.5, 0.6) is 0 Å². The minimum Gasteiger partial charge on any atom is -0.341 e. The van der Waals surface area contributed by atoms with E-state index in [0.717, 1.165) is 36.3 Å². The number of nitrogens with one attached hydrogen (secondary N) is 1. The van der Waals surface area contributed by atoms with E-state index in [0.29, 0.717) is 32.0 Å². The van der Waals surface area contributed by atoms with Crippen LogP contribution < -0.4 is 0 Å². The molecule has 1 aliphatic heterocycles. The maximum absolute atomic E-state index is 12.9. The molecule has 1 saturated heterocycles. The first-order valence-electron chi connectivity index (χ1n) is 10.2. The molecular weight excluding hydrogens is 352 g/mol. The van der Waals surface area contributed by atoms with E-state index in [4.69, 9.17) is 0 Å². The van der Waals surface area contributed by atoms with Crippen molar-refractivity contribution in [2.75, 3.05) is 26.2 Å². The minimum atomic E-state index is 0.112. The third-order valence-corrected chi connectivity index (χ3v) is 6.10. The van der Waals surface area contributed by atoms with Crippen LogP contribution in [0.4, 0.5) is 0 Å². The summed E-state index contributed by atoms with van der Waals surface area (Å²) in [5.41, 5.74) is 4.10. The highest BCUT2D eigenvalue weighted by atomic mass is 16.2. The molecule has 4 rings (SSSR count). The zero-order valence-corrected chi connectivity index (χ0v) is 16.6. The third-order valence-electron chi connectivity index (χ3n) is 6.10. The van der Waals surface area contributed by atoms with Gasteiger partial charge in [-0.1, -0.05) is 30.3 Å². The molecule has 0 spiro atoms. The van der Waals surface area contributed by atoms with Gasteiger partial charge in [0, 0.05) is 43.4 Å². The number of carbonyl (C=O) groups is 2. The molecule has 2 fully saturated rings. The number of aryl methyl sites for hydroxylation is 2. The predicted octanol–water partition coefficient (Wildman–Crippen LogP) is 2.43. The maximum Gasteiger partial charge on any atom is 0.227 e. The third kappa shape index (κ3) is 3.81. The Bertz CT molecular complexity index is 841. The Morgan fingerprint density at radius 3 is 2.50 bits per heavy atom. The number of amides is 2. The van der Waals surface area contributed by atoms with Gasteiger partial charge in [0.1, 0.15) is 0 Å². The lowest BCUT2D eigenvalue weighted by Crippen LogP contribution is -2.38. The van der Waals surface area contributed by atoms with E-state index in [1.165, 1.54) is 5.56 Å². The lowest BCUT2D eigenvalue weighted by atomic mass is 10.1. The second-order valence-electron chi connectivity index (χ2n) is 8.01. The van der Waals surface area contributed by atoms with Crippen LogP contribution in [0.25, 0.3) is 0 Å². The lowest BCUT2D eigenvalue weighted by Gasteiger charge is -2.22. The molecule has 1 aromatic heterocycles. The van der Waals surface area contributed by atoms with Crippen LogP contribution in [0.2, 0.25) is 0 Å². The van der Waals surface area contributed by atoms with Gasteiger partial charge in [-0.25, -0.2) is 0 Å². The van der Waals surface area contributed by atoms with Gasteiger partial charge >= 0.3 is 0 Å². The number of nitrogens with zero attached hydrogens (tertiary/aromatic N) is 3. The molecule has 6 heteroatoms. The van der Waals surface area contributed by atoms with E-state index < -0.39 is 0 Å². The SMILES string of the molecule is Cc1n[nH]c(C)c1CC(=O)N1CCCN(C(=O)C2CC2c2ccccc2)CC1. The van der Waals surface area contributed by atoms with Crippen molar-refractivity contribution in [1.29, 1.82) is 0 Å². The molecule has 2 amide bonds. The molecule has 2 unspecified atom stereocenters. The summed E-state index contributed by atoms with van der Waals surface area (Å²) < 4.78 is 0. The summed E-state index contributed by atoms with van der Waals surface area (Å²) >= 11 is 0. The monoisotopic (exact) mass is 380 g/mol. The van der Waals surface area contributed by atoms with Crippen LogP contribution in [0.1, 0.15) is 41.3 Å². The number of hydrogen-bond donors (Lipinski definition) is 1. The molecule has 0 bridgehead atoms. The fraction of sp³-hybridized carbons (Fsp3) is 0.500. The van der Waals surface area contributed by atoms with Crippen molar-refractivity contribution in [3.05, 3.63) is 52.8 Å². The summed E-state index contributed by atoms with van der Waals surface area (Å²) in [5.74, 6) is 0.850. The average molecular weight is 380 g/mol. The maximum atomic E-state index is 12.9. The number of benzene rings is 1. The van der Waals surface area contributed by atoms with Gasteiger partial charge in [-0.15, -0.1) is 0 Å². The number of hydrogen-bond acceptors (Lipinski definition) is 3. The Hall–Kier alpha value is -2.63. The number of carbonyl (C=O) groups excluding carboxylic acids is 2. The molecule has 1 saturated carbocycles. The first kappa shape index (κ1) is 18.7. The molecule has 2 atom stereocenters. The molecule has 148 valence electrons. The van der Waals surface area contributed by atoms with Gasteiger partial charge in [0.2, 0.25) is 11.8 Å². The zero-order valence-electron chi connectivity index (χ0n) is 16.6. The standard InChI is InChI=1S/C22H28N4O2/c1-15-18(16(2)24-23-15)14-21(27)25-9-6-10-26(12-11-25)22(28)20-13-19(20)17-7-4-3-5-8-17/h3-5,7-8,19-20H,6,9-14H2,1-2H3,(H,23,24). The van der Waals surface area contributed by atoms with Gasteiger partial charge < -0.3 is 9.80 Å².